The largest absolute Gasteiger partial charge is 0.431 e. The average molecular weight is 546 g/mol. The molecule has 0 saturated carbocycles. The summed E-state index contributed by atoms with van der Waals surface area (Å²) in [6.07, 6.45) is 6.17. The number of halogens is 3. The highest BCUT2D eigenvalue weighted by Gasteiger charge is 2.45. The summed E-state index contributed by atoms with van der Waals surface area (Å²) in [5.41, 5.74) is -3.98. The van der Waals surface area contributed by atoms with Crippen molar-refractivity contribution in [3.63, 3.8) is 0 Å². The van der Waals surface area contributed by atoms with Crippen LogP contribution in [0.2, 0.25) is 0 Å². The molecule has 0 aliphatic heterocycles. The standard InChI is InChI=1S/C26H22F3N3O5S/c1-6-14(2)25(13-18(9-7-15(25)3)37-36-16(4)33)23-19-11-17(8-10-20(19)38-30-23)32-22(34)12-21(26(27,28)29)31(5)24(32)35/h1,7-15H,2-5H3. The first-order chi connectivity index (χ1) is 17.8. The highest BCUT2D eigenvalue weighted by atomic mass is 32.1. The van der Waals surface area contributed by atoms with Gasteiger partial charge in [-0.25, -0.2) is 14.2 Å². The summed E-state index contributed by atoms with van der Waals surface area (Å²) in [4.78, 5) is 46.7. The Hall–Kier alpha value is -4.11. The number of hydrogen-bond donors (Lipinski definition) is 0. The van der Waals surface area contributed by atoms with E-state index in [1.54, 1.807) is 18.2 Å². The maximum absolute atomic E-state index is 13.3. The molecule has 0 bridgehead atoms. The molecule has 3 aromatic rings. The first-order valence-corrected chi connectivity index (χ1v) is 12.1. The molecule has 0 amide bonds. The van der Waals surface area contributed by atoms with Crippen LogP contribution in [-0.2, 0) is 33.2 Å². The molecule has 4 rings (SSSR count). The maximum atomic E-state index is 13.3. The molecule has 12 heteroatoms. The van der Waals surface area contributed by atoms with Gasteiger partial charge >= 0.3 is 17.8 Å². The van der Waals surface area contributed by atoms with Crippen molar-refractivity contribution in [1.29, 1.82) is 0 Å². The number of alkyl halides is 3. The Morgan fingerprint density at radius 1 is 1.29 bits per heavy atom. The van der Waals surface area contributed by atoms with Crippen molar-refractivity contribution >= 4 is 27.6 Å². The van der Waals surface area contributed by atoms with Gasteiger partial charge in [-0.1, -0.05) is 19.9 Å². The van der Waals surface area contributed by atoms with Gasteiger partial charge in [0.15, 0.2) is 5.76 Å². The fraction of sp³-hybridized carbons (Fsp3) is 0.308. The van der Waals surface area contributed by atoms with Gasteiger partial charge in [-0.3, -0.25) is 19.1 Å². The zero-order valence-corrected chi connectivity index (χ0v) is 21.5. The number of carbonyl (C=O) groups is 1. The van der Waals surface area contributed by atoms with Crippen molar-refractivity contribution in [2.45, 2.75) is 32.4 Å². The maximum Gasteiger partial charge on any atom is 0.431 e. The monoisotopic (exact) mass is 545 g/mol. The van der Waals surface area contributed by atoms with Crippen molar-refractivity contribution in [3.8, 4) is 18.0 Å². The first kappa shape index (κ1) is 26.9. The minimum Gasteiger partial charge on any atom is -0.292 e. The summed E-state index contributed by atoms with van der Waals surface area (Å²) >= 11 is 1.16. The Bertz CT molecular complexity index is 1660. The highest BCUT2D eigenvalue weighted by molar-refractivity contribution is 7.13. The zero-order chi connectivity index (χ0) is 28.0. The van der Waals surface area contributed by atoms with E-state index in [1.807, 2.05) is 19.9 Å². The quantitative estimate of drug-likeness (QED) is 0.270. The third-order valence-corrected chi connectivity index (χ3v) is 7.46. The van der Waals surface area contributed by atoms with Crippen LogP contribution in [0, 0.1) is 24.2 Å². The van der Waals surface area contributed by atoms with Gasteiger partial charge in [-0.2, -0.15) is 17.5 Å². The van der Waals surface area contributed by atoms with E-state index in [9.17, 15) is 27.6 Å². The Balaban J connectivity index is 1.95. The van der Waals surface area contributed by atoms with E-state index < -0.39 is 40.4 Å². The van der Waals surface area contributed by atoms with Gasteiger partial charge in [-0.05, 0) is 47.8 Å². The van der Waals surface area contributed by atoms with Gasteiger partial charge in [0.25, 0.3) is 5.56 Å². The second-order valence-corrected chi connectivity index (χ2v) is 9.73. The number of allylic oxidation sites excluding steroid dienone is 3. The van der Waals surface area contributed by atoms with Crippen LogP contribution >= 0.6 is 11.5 Å². The Morgan fingerprint density at radius 3 is 2.63 bits per heavy atom. The van der Waals surface area contributed by atoms with Crippen LogP contribution in [0.3, 0.4) is 0 Å². The second-order valence-electron chi connectivity index (χ2n) is 8.93. The molecule has 1 aliphatic carbocycles. The lowest BCUT2D eigenvalue weighted by Gasteiger charge is -2.39. The van der Waals surface area contributed by atoms with Crippen molar-refractivity contribution in [2.24, 2.45) is 18.9 Å². The van der Waals surface area contributed by atoms with E-state index in [0.29, 0.717) is 31.0 Å². The summed E-state index contributed by atoms with van der Waals surface area (Å²) in [6.45, 7) is 4.94. The normalized spacial score (nSPS) is 20.1. The molecule has 2 heterocycles. The molecule has 38 heavy (non-hydrogen) atoms. The number of fused-ring (bicyclic) bond motifs is 1. The number of rotatable bonds is 5. The van der Waals surface area contributed by atoms with Crippen LogP contribution in [-0.4, -0.2) is 19.5 Å². The number of nitrogens with zero attached hydrogens (tertiary/aromatic N) is 3. The minimum atomic E-state index is -4.87. The van der Waals surface area contributed by atoms with Gasteiger partial charge < -0.3 is 0 Å². The van der Waals surface area contributed by atoms with Crippen LogP contribution in [0.25, 0.3) is 15.8 Å². The summed E-state index contributed by atoms with van der Waals surface area (Å²) in [7, 11) is 0.951. The van der Waals surface area contributed by atoms with E-state index in [0.717, 1.165) is 18.6 Å². The van der Waals surface area contributed by atoms with Crippen molar-refractivity contribution in [1.82, 2.24) is 13.5 Å². The molecule has 1 aliphatic rings. The first-order valence-electron chi connectivity index (χ1n) is 11.3. The van der Waals surface area contributed by atoms with E-state index in [2.05, 4.69) is 10.3 Å². The SMILES string of the molecule is C#CC(C)C1(c2nsc3ccc(-n4c(=O)cc(C(F)(F)F)n(C)c4=O)cc23)C=C(OOC(C)=O)C=CC1C. The highest BCUT2D eigenvalue weighted by Crippen LogP contribution is 2.47. The molecule has 3 unspecified atom stereocenters. The lowest BCUT2D eigenvalue weighted by atomic mass is 9.63. The number of hydrogen-bond acceptors (Lipinski definition) is 7. The third-order valence-electron chi connectivity index (χ3n) is 6.64. The van der Waals surface area contributed by atoms with Crippen LogP contribution in [0.15, 0.2) is 57.8 Å². The molecule has 0 fully saturated rings. The van der Waals surface area contributed by atoms with Crippen LogP contribution in [0.5, 0.6) is 0 Å². The van der Waals surface area contributed by atoms with Crippen LogP contribution in [0.1, 0.15) is 32.2 Å². The molecule has 198 valence electrons. The second kappa shape index (κ2) is 9.64. The van der Waals surface area contributed by atoms with Crippen molar-refractivity contribution < 1.29 is 27.7 Å². The predicted octanol–water partition coefficient (Wildman–Crippen LogP) is 4.26. The van der Waals surface area contributed by atoms with E-state index in [-0.39, 0.29) is 17.4 Å². The van der Waals surface area contributed by atoms with E-state index in [1.165, 1.54) is 19.1 Å². The third kappa shape index (κ3) is 4.43. The molecular formula is C26H22F3N3O5S. The van der Waals surface area contributed by atoms with Crippen LogP contribution in [0.4, 0.5) is 13.2 Å². The van der Waals surface area contributed by atoms with E-state index >= 15 is 0 Å². The minimum absolute atomic E-state index is 0.0705. The molecule has 8 nitrogen and oxygen atoms in total. The fourth-order valence-corrected chi connectivity index (χ4v) is 5.46. The van der Waals surface area contributed by atoms with Gasteiger partial charge in [0.2, 0.25) is 0 Å². The van der Waals surface area contributed by atoms with Gasteiger partial charge in [0.05, 0.1) is 21.5 Å². The average Bonchev–Trinajstić information content (AvgIpc) is 3.28. The lowest BCUT2D eigenvalue weighted by molar-refractivity contribution is -0.243. The topological polar surface area (TPSA) is 92.4 Å². The summed E-state index contributed by atoms with van der Waals surface area (Å²) < 4.78 is 46.3. The van der Waals surface area contributed by atoms with Crippen molar-refractivity contribution in [3.05, 3.63) is 80.5 Å². The molecule has 0 N–H and O–H groups in total. The Labute approximate surface area is 218 Å². The molecule has 2 aromatic heterocycles. The van der Waals surface area contributed by atoms with Gasteiger partial charge in [0.1, 0.15) is 5.69 Å². The van der Waals surface area contributed by atoms with E-state index in [4.69, 9.17) is 16.2 Å². The Kier molecular flexibility index (Phi) is 6.84. The number of benzene rings is 1. The van der Waals surface area contributed by atoms with Gasteiger partial charge in [-0.15, -0.1) is 12.3 Å². The van der Waals surface area contributed by atoms with Crippen LogP contribution < -0.4 is 11.2 Å². The molecule has 3 atom stereocenters. The Morgan fingerprint density at radius 2 is 2.00 bits per heavy atom. The smallest absolute Gasteiger partial charge is 0.292 e. The molecule has 0 radical (unpaired) electrons. The summed E-state index contributed by atoms with van der Waals surface area (Å²) in [5, 5.41) is 0.550. The summed E-state index contributed by atoms with van der Waals surface area (Å²) in [5.74, 6) is 1.66. The number of terminal acetylenes is 1. The zero-order valence-electron chi connectivity index (χ0n) is 20.7. The molecule has 0 spiro atoms. The predicted molar refractivity (Wildman–Crippen MR) is 134 cm³/mol. The molecular weight excluding hydrogens is 523 g/mol. The molecule has 1 aromatic carbocycles. The van der Waals surface area contributed by atoms with Gasteiger partial charge in [0, 0.05) is 31.3 Å². The lowest BCUT2D eigenvalue weighted by Crippen LogP contribution is -2.41. The molecule has 0 saturated heterocycles. The summed E-state index contributed by atoms with van der Waals surface area (Å²) in [6, 6.07) is 5.01. The number of carbonyl (C=O) groups excluding carboxylic acids is 1. The number of aromatic nitrogens is 3. The van der Waals surface area contributed by atoms with Crippen molar-refractivity contribution in [2.75, 3.05) is 0 Å². The fourth-order valence-electron chi connectivity index (χ4n) is 4.63.